The van der Waals surface area contributed by atoms with Crippen molar-refractivity contribution in [3.8, 4) is 28.7 Å². The minimum absolute atomic E-state index is 0.137. The minimum Gasteiger partial charge on any atom is -0.496 e. The van der Waals surface area contributed by atoms with Gasteiger partial charge in [0, 0.05) is 17.5 Å². The molecule has 0 aromatic heterocycles. The van der Waals surface area contributed by atoms with Gasteiger partial charge in [-0.25, -0.2) is 13.2 Å². The zero-order chi connectivity index (χ0) is 23.9. The first-order chi connectivity index (χ1) is 15.1. The highest BCUT2D eigenvalue weighted by molar-refractivity contribution is 7.93. The van der Waals surface area contributed by atoms with E-state index < -0.39 is 21.9 Å². The number of carboxylic acid groups (broad SMARTS) is 1. The third kappa shape index (κ3) is 6.30. The summed E-state index contributed by atoms with van der Waals surface area (Å²) in [4.78, 5) is 11.1. The average Bonchev–Trinajstić information content (AvgIpc) is 2.76. The molecule has 1 atom stereocenters. The highest BCUT2D eigenvalue weighted by Crippen LogP contribution is 2.35. The lowest BCUT2D eigenvalue weighted by Gasteiger charge is -2.15. The highest BCUT2D eigenvalue weighted by atomic mass is 32.2. The van der Waals surface area contributed by atoms with E-state index in [1.807, 2.05) is 0 Å². The Balaban J connectivity index is 2.33. The number of hydrogen-bond acceptors (Lipinski definition) is 8. The van der Waals surface area contributed by atoms with Crippen LogP contribution in [0.4, 0.5) is 0 Å². The third-order valence-electron chi connectivity index (χ3n) is 4.44. The van der Waals surface area contributed by atoms with Crippen LogP contribution in [0.25, 0.3) is 6.08 Å². The number of rotatable bonds is 11. The van der Waals surface area contributed by atoms with Gasteiger partial charge in [0.05, 0.1) is 39.8 Å². The average molecular weight is 467 g/mol. The van der Waals surface area contributed by atoms with Crippen molar-refractivity contribution in [2.45, 2.75) is 18.8 Å². The van der Waals surface area contributed by atoms with Crippen molar-refractivity contribution in [1.29, 1.82) is 0 Å². The SMILES string of the molecule is COc1cc(OC)c(C=CS(=O)(=O)Cc2ccc(OC)c(OC(C)C(=O)O)c2)c(OC)c1. The number of sulfone groups is 1. The molecule has 1 N–H and O–H groups in total. The van der Waals surface area contributed by atoms with E-state index in [0.717, 1.165) is 5.41 Å². The van der Waals surface area contributed by atoms with Crippen molar-refractivity contribution >= 4 is 21.9 Å². The number of benzene rings is 2. The van der Waals surface area contributed by atoms with Crippen molar-refractivity contribution in [3.05, 3.63) is 46.9 Å². The molecule has 0 radical (unpaired) electrons. The number of aliphatic carboxylic acids is 1. The summed E-state index contributed by atoms with van der Waals surface area (Å²) >= 11 is 0. The summed E-state index contributed by atoms with van der Waals surface area (Å²) in [5, 5.41) is 10.1. The minimum atomic E-state index is -3.72. The van der Waals surface area contributed by atoms with E-state index in [2.05, 4.69) is 0 Å². The second kappa shape index (κ2) is 10.8. The summed E-state index contributed by atoms with van der Waals surface area (Å²) in [6.07, 6.45) is 0.255. The van der Waals surface area contributed by atoms with E-state index in [4.69, 9.17) is 28.8 Å². The van der Waals surface area contributed by atoms with Gasteiger partial charge in [0.2, 0.25) is 0 Å². The lowest BCUT2D eigenvalue weighted by Crippen LogP contribution is -2.23. The normalized spacial score (nSPS) is 12.3. The van der Waals surface area contributed by atoms with Gasteiger partial charge in [-0.15, -0.1) is 0 Å². The Kier molecular flexibility index (Phi) is 8.36. The third-order valence-corrected chi connectivity index (χ3v) is 5.73. The smallest absolute Gasteiger partial charge is 0.344 e. The monoisotopic (exact) mass is 466 g/mol. The molecule has 1 unspecified atom stereocenters. The second-order valence-corrected chi connectivity index (χ2v) is 8.53. The number of ether oxygens (including phenoxy) is 5. The maximum atomic E-state index is 12.7. The first-order valence-corrected chi connectivity index (χ1v) is 11.1. The summed E-state index contributed by atoms with van der Waals surface area (Å²) in [6.45, 7) is 1.36. The van der Waals surface area contributed by atoms with Crippen LogP contribution >= 0.6 is 0 Å². The first-order valence-electron chi connectivity index (χ1n) is 9.41. The van der Waals surface area contributed by atoms with Gasteiger partial charge < -0.3 is 28.8 Å². The Morgan fingerprint density at radius 2 is 1.53 bits per heavy atom. The Morgan fingerprint density at radius 1 is 0.938 bits per heavy atom. The summed E-state index contributed by atoms with van der Waals surface area (Å²) in [5.41, 5.74) is 0.838. The number of methoxy groups -OCH3 is 4. The molecule has 0 saturated heterocycles. The fourth-order valence-corrected chi connectivity index (χ4v) is 3.88. The molecule has 0 spiro atoms. The fourth-order valence-electron chi connectivity index (χ4n) is 2.79. The molecule has 0 bridgehead atoms. The Morgan fingerprint density at radius 3 is 2.03 bits per heavy atom. The molecule has 9 nitrogen and oxygen atoms in total. The van der Waals surface area contributed by atoms with E-state index in [-0.39, 0.29) is 11.5 Å². The summed E-state index contributed by atoms with van der Waals surface area (Å²) in [5.74, 6) is 0.202. The topological polar surface area (TPSA) is 118 Å². The highest BCUT2D eigenvalue weighted by Gasteiger charge is 2.18. The number of carboxylic acids is 1. The van der Waals surface area contributed by atoms with Gasteiger partial charge in [-0.1, -0.05) is 6.07 Å². The van der Waals surface area contributed by atoms with Crippen molar-refractivity contribution in [1.82, 2.24) is 0 Å². The lowest BCUT2D eigenvalue weighted by atomic mass is 10.1. The Labute approximate surface area is 187 Å². The summed E-state index contributed by atoms with van der Waals surface area (Å²) < 4.78 is 51.9. The predicted molar refractivity (Wildman–Crippen MR) is 118 cm³/mol. The van der Waals surface area contributed by atoms with Crippen LogP contribution in [0.2, 0.25) is 0 Å². The molecule has 2 aromatic carbocycles. The summed E-state index contributed by atoms with van der Waals surface area (Å²) in [7, 11) is 2.10. The van der Waals surface area contributed by atoms with Crippen molar-refractivity contribution < 1.29 is 42.0 Å². The summed E-state index contributed by atoms with van der Waals surface area (Å²) in [6, 6.07) is 7.76. The Hall–Kier alpha value is -3.40. The van der Waals surface area contributed by atoms with Crippen LogP contribution in [-0.2, 0) is 20.4 Å². The molecule has 0 aliphatic heterocycles. The van der Waals surface area contributed by atoms with Gasteiger partial charge >= 0.3 is 5.97 Å². The van der Waals surface area contributed by atoms with Crippen LogP contribution in [0.3, 0.4) is 0 Å². The quantitative estimate of drug-likeness (QED) is 0.533. The van der Waals surface area contributed by atoms with Gasteiger partial charge in [0.15, 0.2) is 27.4 Å². The molecule has 0 amide bonds. The fraction of sp³-hybridized carbons (Fsp3) is 0.318. The molecule has 0 aliphatic rings. The molecular weight excluding hydrogens is 440 g/mol. The van der Waals surface area contributed by atoms with Gasteiger partial charge in [0.25, 0.3) is 0 Å². The van der Waals surface area contributed by atoms with E-state index in [0.29, 0.717) is 34.1 Å². The van der Waals surface area contributed by atoms with Crippen LogP contribution in [0, 0.1) is 0 Å². The van der Waals surface area contributed by atoms with E-state index >= 15 is 0 Å². The molecule has 32 heavy (non-hydrogen) atoms. The number of carbonyl (C=O) groups is 1. The maximum Gasteiger partial charge on any atom is 0.344 e. The van der Waals surface area contributed by atoms with Crippen LogP contribution in [0.1, 0.15) is 18.1 Å². The van der Waals surface area contributed by atoms with Gasteiger partial charge in [0.1, 0.15) is 17.2 Å². The Bertz CT molecular complexity index is 1070. The van der Waals surface area contributed by atoms with Crippen LogP contribution in [-0.4, -0.2) is 54.0 Å². The zero-order valence-corrected chi connectivity index (χ0v) is 19.3. The molecule has 174 valence electrons. The molecule has 2 rings (SSSR count). The van der Waals surface area contributed by atoms with Gasteiger partial charge in [-0.05, 0) is 30.7 Å². The van der Waals surface area contributed by atoms with Gasteiger partial charge in [-0.2, -0.15) is 0 Å². The predicted octanol–water partition coefficient (Wildman–Crippen LogP) is 3.16. The zero-order valence-electron chi connectivity index (χ0n) is 18.4. The van der Waals surface area contributed by atoms with Crippen LogP contribution in [0.15, 0.2) is 35.7 Å². The first kappa shape index (κ1) is 24.9. The molecule has 0 saturated carbocycles. The van der Waals surface area contributed by atoms with Crippen molar-refractivity contribution in [3.63, 3.8) is 0 Å². The van der Waals surface area contributed by atoms with Crippen molar-refractivity contribution in [2.75, 3.05) is 28.4 Å². The number of hydrogen-bond donors (Lipinski definition) is 1. The van der Waals surface area contributed by atoms with Gasteiger partial charge in [-0.3, -0.25) is 0 Å². The van der Waals surface area contributed by atoms with E-state index in [1.54, 1.807) is 18.2 Å². The molecule has 0 fully saturated rings. The maximum absolute atomic E-state index is 12.7. The van der Waals surface area contributed by atoms with Crippen molar-refractivity contribution in [2.24, 2.45) is 0 Å². The van der Waals surface area contributed by atoms with Crippen LogP contribution in [0.5, 0.6) is 28.7 Å². The second-order valence-electron chi connectivity index (χ2n) is 6.64. The molecule has 0 heterocycles. The lowest BCUT2D eigenvalue weighted by molar-refractivity contribution is -0.144. The molecule has 2 aromatic rings. The van der Waals surface area contributed by atoms with E-state index in [1.165, 1.54) is 53.6 Å². The van der Waals surface area contributed by atoms with E-state index in [9.17, 15) is 13.2 Å². The molecule has 0 aliphatic carbocycles. The molecular formula is C22H26O9S. The largest absolute Gasteiger partial charge is 0.496 e. The molecule has 10 heteroatoms. The standard InChI is InChI=1S/C22H26O9S/c1-14(22(23)24)31-21-10-15(6-7-18(21)28-3)13-32(25,26)9-8-17-19(29-4)11-16(27-2)12-20(17)30-5/h6-12,14H,13H2,1-5H3,(H,23,24). The van der Waals surface area contributed by atoms with Crippen LogP contribution < -0.4 is 23.7 Å².